The Bertz CT molecular complexity index is 1000. The lowest BCUT2D eigenvalue weighted by molar-refractivity contribution is -0.184. The highest BCUT2D eigenvalue weighted by molar-refractivity contribution is 5.95. The molecule has 0 aliphatic carbocycles. The van der Waals surface area contributed by atoms with Gasteiger partial charge in [-0.15, -0.1) is 0 Å². The van der Waals surface area contributed by atoms with E-state index in [0.717, 1.165) is 31.4 Å². The SMILES string of the molecule is COc1cccc(C(=O)N2CCC[C@H]3O[C@H]4c5cccc(O)c5OC(C)(C)[C@@H]4C[C@H]32)c1. The molecule has 1 N–H and O–H groups in total. The van der Waals surface area contributed by atoms with Gasteiger partial charge in [-0.2, -0.15) is 0 Å². The first kappa shape index (κ1) is 20.2. The van der Waals surface area contributed by atoms with E-state index in [4.69, 9.17) is 14.2 Å². The van der Waals surface area contributed by atoms with Crippen molar-refractivity contribution in [2.75, 3.05) is 13.7 Å². The maximum atomic E-state index is 13.4. The number of phenolic OH excluding ortho intramolecular Hbond substituents is 1. The van der Waals surface area contributed by atoms with Crippen LogP contribution in [0.4, 0.5) is 0 Å². The van der Waals surface area contributed by atoms with E-state index in [1.54, 1.807) is 19.2 Å². The summed E-state index contributed by atoms with van der Waals surface area (Å²) in [6, 6.07) is 12.8. The number of phenols is 1. The number of amides is 1. The highest BCUT2D eigenvalue weighted by Crippen LogP contribution is 2.54. The topological polar surface area (TPSA) is 68.2 Å². The average Bonchev–Trinajstić information content (AvgIpc) is 2.78. The first-order valence-corrected chi connectivity index (χ1v) is 11.0. The maximum Gasteiger partial charge on any atom is 0.254 e. The van der Waals surface area contributed by atoms with E-state index in [0.29, 0.717) is 17.1 Å². The Hall–Kier alpha value is -2.73. The van der Waals surface area contributed by atoms with Crippen molar-refractivity contribution in [3.63, 3.8) is 0 Å². The van der Waals surface area contributed by atoms with Gasteiger partial charge >= 0.3 is 0 Å². The predicted octanol–water partition coefficient (Wildman–Crippen LogP) is 4.32. The Labute approximate surface area is 182 Å². The van der Waals surface area contributed by atoms with Crippen LogP contribution in [0.25, 0.3) is 0 Å². The van der Waals surface area contributed by atoms with Crippen LogP contribution in [0.3, 0.4) is 0 Å². The fourth-order valence-electron chi connectivity index (χ4n) is 5.46. The second-order valence-corrected chi connectivity index (χ2v) is 9.28. The van der Waals surface area contributed by atoms with Crippen LogP contribution in [0.1, 0.15) is 55.1 Å². The van der Waals surface area contributed by atoms with Gasteiger partial charge in [0.05, 0.1) is 25.4 Å². The van der Waals surface area contributed by atoms with Gasteiger partial charge in [0.25, 0.3) is 5.91 Å². The van der Waals surface area contributed by atoms with Crippen LogP contribution in [0.15, 0.2) is 42.5 Å². The molecule has 3 aliphatic heterocycles. The zero-order valence-corrected chi connectivity index (χ0v) is 18.2. The van der Waals surface area contributed by atoms with Crippen molar-refractivity contribution in [2.24, 2.45) is 5.92 Å². The van der Waals surface area contributed by atoms with Gasteiger partial charge in [-0.25, -0.2) is 0 Å². The third kappa shape index (κ3) is 3.33. The summed E-state index contributed by atoms with van der Waals surface area (Å²) in [5, 5.41) is 10.4. The number of likely N-dealkylation sites (tertiary alicyclic amines) is 1. The Kier molecular flexibility index (Phi) is 4.85. The van der Waals surface area contributed by atoms with E-state index < -0.39 is 5.60 Å². The molecule has 0 spiro atoms. The molecule has 2 aromatic rings. The zero-order valence-electron chi connectivity index (χ0n) is 18.2. The number of benzene rings is 2. The van der Waals surface area contributed by atoms with Crippen LogP contribution in [0.5, 0.6) is 17.2 Å². The third-order valence-electron chi connectivity index (χ3n) is 7.07. The van der Waals surface area contributed by atoms with Gasteiger partial charge in [-0.05, 0) is 57.4 Å². The maximum absolute atomic E-state index is 13.4. The first-order valence-electron chi connectivity index (χ1n) is 11.0. The van der Waals surface area contributed by atoms with E-state index in [1.165, 1.54) is 0 Å². The fraction of sp³-hybridized carbons (Fsp3) is 0.480. The van der Waals surface area contributed by atoms with Gasteiger partial charge in [0, 0.05) is 23.6 Å². The van der Waals surface area contributed by atoms with Crippen LogP contribution in [0.2, 0.25) is 0 Å². The van der Waals surface area contributed by atoms with E-state index in [-0.39, 0.29) is 35.8 Å². The average molecular weight is 424 g/mol. The molecule has 0 unspecified atom stereocenters. The number of hydrogen-bond acceptors (Lipinski definition) is 5. The summed E-state index contributed by atoms with van der Waals surface area (Å²) >= 11 is 0. The van der Waals surface area contributed by atoms with Crippen LogP contribution in [-0.2, 0) is 4.74 Å². The molecule has 3 aliphatic rings. The van der Waals surface area contributed by atoms with Crippen molar-refractivity contribution in [3.8, 4) is 17.2 Å². The van der Waals surface area contributed by atoms with E-state index in [9.17, 15) is 9.90 Å². The Morgan fingerprint density at radius 1 is 1.23 bits per heavy atom. The molecule has 5 rings (SSSR count). The van der Waals surface area contributed by atoms with Crippen molar-refractivity contribution < 1.29 is 24.1 Å². The normalized spacial score (nSPS) is 28.5. The molecular formula is C25H29NO5. The number of aromatic hydroxyl groups is 1. The predicted molar refractivity (Wildman–Crippen MR) is 116 cm³/mol. The minimum atomic E-state index is -0.524. The zero-order chi connectivity index (χ0) is 21.8. The van der Waals surface area contributed by atoms with Crippen LogP contribution in [0, 0.1) is 5.92 Å². The number of nitrogens with zero attached hydrogens (tertiary/aromatic N) is 1. The number of para-hydroxylation sites is 1. The summed E-state index contributed by atoms with van der Waals surface area (Å²) in [5.41, 5.74) is 1.01. The van der Waals surface area contributed by atoms with Crippen molar-refractivity contribution in [2.45, 2.75) is 57.0 Å². The molecule has 0 aromatic heterocycles. The lowest BCUT2D eigenvalue weighted by Gasteiger charge is -2.54. The molecule has 164 valence electrons. The van der Waals surface area contributed by atoms with Crippen molar-refractivity contribution in [3.05, 3.63) is 53.6 Å². The summed E-state index contributed by atoms with van der Waals surface area (Å²) < 4.78 is 18.2. The number of piperidine rings is 1. The van der Waals surface area contributed by atoms with Crippen molar-refractivity contribution >= 4 is 5.91 Å². The van der Waals surface area contributed by atoms with Crippen LogP contribution in [-0.4, -0.2) is 47.3 Å². The summed E-state index contributed by atoms with van der Waals surface area (Å²) in [7, 11) is 1.61. The van der Waals surface area contributed by atoms with E-state index >= 15 is 0 Å². The lowest BCUT2D eigenvalue weighted by Crippen LogP contribution is -2.60. The smallest absolute Gasteiger partial charge is 0.254 e. The summed E-state index contributed by atoms with van der Waals surface area (Å²) in [6.45, 7) is 4.80. The Balaban J connectivity index is 1.46. The van der Waals surface area contributed by atoms with Gasteiger partial charge in [-0.1, -0.05) is 18.2 Å². The minimum Gasteiger partial charge on any atom is -0.504 e. The number of hydrogen-bond donors (Lipinski definition) is 1. The second kappa shape index (κ2) is 7.45. The molecule has 0 bridgehead atoms. The molecule has 4 atom stereocenters. The molecular weight excluding hydrogens is 394 g/mol. The third-order valence-corrected chi connectivity index (χ3v) is 7.07. The van der Waals surface area contributed by atoms with E-state index in [1.807, 2.05) is 49.1 Å². The summed E-state index contributed by atoms with van der Waals surface area (Å²) in [4.78, 5) is 15.4. The molecule has 2 saturated heterocycles. The molecule has 0 radical (unpaired) electrons. The first-order chi connectivity index (χ1) is 14.9. The molecule has 0 saturated carbocycles. The molecule has 31 heavy (non-hydrogen) atoms. The minimum absolute atomic E-state index is 0.00423. The fourth-order valence-corrected chi connectivity index (χ4v) is 5.46. The van der Waals surface area contributed by atoms with Gasteiger partial charge in [0.1, 0.15) is 11.4 Å². The van der Waals surface area contributed by atoms with Gasteiger partial charge in [0.15, 0.2) is 11.5 Å². The van der Waals surface area contributed by atoms with Gasteiger partial charge < -0.3 is 24.2 Å². The van der Waals surface area contributed by atoms with Crippen LogP contribution >= 0.6 is 0 Å². The summed E-state index contributed by atoms with van der Waals surface area (Å²) in [6.07, 6.45) is 2.44. The van der Waals surface area contributed by atoms with Crippen LogP contribution < -0.4 is 9.47 Å². The Morgan fingerprint density at radius 2 is 2.03 bits per heavy atom. The van der Waals surface area contributed by atoms with E-state index in [2.05, 4.69) is 0 Å². The number of carbonyl (C=O) groups excluding carboxylic acids is 1. The Morgan fingerprint density at radius 3 is 2.84 bits per heavy atom. The van der Waals surface area contributed by atoms with Gasteiger partial charge in [0.2, 0.25) is 0 Å². The molecule has 1 amide bonds. The number of ether oxygens (including phenoxy) is 3. The molecule has 2 aromatic carbocycles. The standard InChI is InChI=1S/C25H29NO5/c1-25(2)18-14-19-21(30-22(18)17-9-5-10-20(27)23(17)31-25)11-6-12-26(19)24(28)15-7-4-8-16(13-15)29-3/h4-5,7-10,13,18-19,21-22,27H,6,11-12,14H2,1-3H3/t18-,19-,21-,22+/m1/s1. The lowest BCUT2D eigenvalue weighted by atomic mass is 9.72. The highest BCUT2D eigenvalue weighted by atomic mass is 16.5. The monoisotopic (exact) mass is 423 g/mol. The number of methoxy groups -OCH3 is 1. The number of fused-ring (bicyclic) bond motifs is 4. The highest BCUT2D eigenvalue weighted by Gasteiger charge is 2.53. The summed E-state index contributed by atoms with van der Waals surface area (Å²) in [5.74, 6) is 1.43. The van der Waals surface area contributed by atoms with Gasteiger partial charge in [-0.3, -0.25) is 4.79 Å². The van der Waals surface area contributed by atoms with Crippen molar-refractivity contribution in [1.82, 2.24) is 4.90 Å². The quantitative estimate of drug-likeness (QED) is 0.779. The number of rotatable bonds is 2. The molecule has 3 heterocycles. The second-order valence-electron chi connectivity index (χ2n) is 9.28. The number of carbonyl (C=O) groups is 1. The molecule has 2 fully saturated rings. The molecule has 6 nitrogen and oxygen atoms in total. The largest absolute Gasteiger partial charge is 0.504 e. The van der Waals surface area contributed by atoms with Crippen molar-refractivity contribution in [1.29, 1.82) is 0 Å². The molecule has 6 heteroatoms.